The third kappa shape index (κ3) is 5.67. The number of nitrogens with one attached hydrogen (secondary N) is 1. The summed E-state index contributed by atoms with van der Waals surface area (Å²) in [5.74, 6) is -0.272. The molecule has 3 rings (SSSR count). The number of anilines is 1. The number of pyridine rings is 1. The average Bonchev–Trinajstić information content (AvgIpc) is 3.22. The molecule has 2 aromatic heterocycles. The number of amides is 2. The average molecular weight is 418 g/mol. The van der Waals surface area contributed by atoms with Crippen molar-refractivity contribution in [3.05, 3.63) is 60.4 Å². The number of hydrogen-bond donors (Lipinski definition) is 1. The lowest BCUT2D eigenvalue weighted by Gasteiger charge is -2.22. The number of carbonyl (C=O) groups is 2. The summed E-state index contributed by atoms with van der Waals surface area (Å²) in [6.45, 7) is 0.476. The van der Waals surface area contributed by atoms with Crippen LogP contribution in [0.2, 0.25) is 0 Å². The van der Waals surface area contributed by atoms with Gasteiger partial charge in [0.25, 0.3) is 5.91 Å². The number of fused-ring (bicyclic) bond motifs is 1. The molecule has 158 valence electrons. The second kappa shape index (κ2) is 10.5. The van der Waals surface area contributed by atoms with E-state index < -0.39 is 6.09 Å². The van der Waals surface area contributed by atoms with E-state index in [0.717, 1.165) is 5.39 Å². The van der Waals surface area contributed by atoms with Crippen LogP contribution in [0.5, 0.6) is 0 Å². The molecule has 0 saturated carbocycles. The molecule has 1 N–H and O–H groups in total. The highest BCUT2D eigenvalue weighted by atomic mass is 16.6. The minimum absolute atomic E-state index is 0.0150. The molecule has 0 bridgehead atoms. The summed E-state index contributed by atoms with van der Waals surface area (Å²) in [5.41, 5.74) is 1.93. The Balaban J connectivity index is 1.68. The fourth-order valence-corrected chi connectivity index (χ4v) is 2.86. The number of benzene rings is 1. The van der Waals surface area contributed by atoms with Crippen LogP contribution in [0.25, 0.3) is 17.1 Å². The first-order valence-electron chi connectivity index (χ1n) is 9.68. The van der Waals surface area contributed by atoms with E-state index in [1.165, 1.54) is 15.9 Å². The summed E-state index contributed by atoms with van der Waals surface area (Å²) in [7, 11) is 1.56. The minimum atomic E-state index is -0.539. The van der Waals surface area contributed by atoms with Gasteiger partial charge in [-0.05, 0) is 30.3 Å². The first kappa shape index (κ1) is 21.5. The number of rotatable bonds is 8. The number of aromatic nitrogens is 3. The molecule has 2 amide bonds. The molecular formula is C22H22N6O3. The molecule has 0 atom stereocenters. The zero-order valence-corrected chi connectivity index (χ0v) is 17.1. The normalized spacial score (nSPS) is 10.7. The zero-order valence-electron chi connectivity index (χ0n) is 17.1. The number of para-hydroxylation sites is 1. The Morgan fingerprint density at radius 3 is 2.77 bits per heavy atom. The van der Waals surface area contributed by atoms with Crippen LogP contribution < -0.4 is 4.90 Å². The number of carbonyl (C=O) groups excluding carboxylic acids is 2. The van der Waals surface area contributed by atoms with E-state index in [4.69, 9.17) is 10.00 Å². The van der Waals surface area contributed by atoms with E-state index in [9.17, 15) is 9.59 Å². The Labute approximate surface area is 179 Å². The van der Waals surface area contributed by atoms with E-state index in [1.54, 1.807) is 25.4 Å². The third-order valence-electron chi connectivity index (χ3n) is 4.50. The molecule has 0 fully saturated rings. The van der Waals surface area contributed by atoms with Gasteiger partial charge in [-0.1, -0.05) is 18.2 Å². The van der Waals surface area contributed by atoms with Gasteiger partial charge in [-0.15, -0.1) is 0 Å². The predicted octanol–water partition coefficient (Wildman–Crippen LogP) is 2.99. The number of aromatic amines is 1. The summed E-state index contributed by atoms with van der Waals surface area (Å²) in [4.78, 5) is 31.9. The molecular weight excluding hydrogens is 396 g/mol. The molecule has 2 heterocycles. The molecule has 0 unspecified atom stereocenters. The highest BCUT2D eigenvalue weighted by Crippen LogP contribution is 2.17. The van der Waals surface area contributed by atoms with Gasteiger partial charge in [0.05, 0.1) is 24.7 Å². The van der Waals surface area contributed by atoms with Crippen LogP contribution in [-0.4, -0.2) is 58.8 Å². The van der Waals surface area contributed by atoms with E-state index in [-0.39, 0.29) is 32.0 Å². The molecule has 1 aromatic carbocycles. The Morgan fingerprint density at radius 2 is 2.00 bits per heavy atom. The van der Waals surface area contributed by atoms with Crippen molar-refractivity contribution in [3.8, 4) is 6.07 Å². The van der Waals surface area contributed by atoms with Crippen molar-refractivity contribution < 1.29 is 14.3 Å². The minimum Gasteiger partial charge on any atom is -0.448 e. The van der Waals surface area contributed by atoms with E-state index >= 15 is 0 Å². The maximum atomic E-state index is 12.9. The summed E-state index contributed by atoms with van der Waals surface area (Å²) in [5, 5.41) is 16.4. The summed E-state index contributed by atoms with van der Waals surface area (Å²) < 4.78 is 5.25. The van der Waals surface area contributed by atoms with Crippen LogP contribution in [0.1, 0.15) is 12.1 Å². The van der Waals surface area contributed by atoms with Crippen LogP contribution in [0.15, 0.2) is 54.7 Å². The lowest BCUT2D eigenvalue weighted by atomic mass is 10.2. The molecule has 9 heteroatoms. The Morgan fingerprint density at radius 1 is 1.19 bits per heavy atom. The maximum Gasteiger partial charge on any atom is 0.409 e. The van der Waals surface area contributed by atoms with Gasteiger partial charge in [0.2, 0.25) is 0 Å². The molecule has 9 nitrogen and oxygen atoms in total. The fourth-order valence-electron chi connectivity index (χ4n) is 2.86. The lowest BCUT2D eigenvalue weighted by molar-refractivity contribution is -0.114. The van der Waals surface area contributed by atoms with Gasteiger partial charge in [0.15, 0.2) is 5.65 Å². The zero-order chi connectivity index (χ0) is 22.1. The first-order valence-corrected chi connectivity index (χ1v) is 9.68. The van der Waals surface area contributed by atoms with Crippen LogP contribution in [0.3, 0.4) is 0 Å². The van der Waals surface area contributed by atoms with Crippen molar-refractivity contribution in [2.24, 2.45) is 0 Å². The molecule has 0 aliphatic rings. The van der Waals surface area contributed by atoms with Crippen LogP contribution in [0.4, 0.5) is 10.5 Å². The first-order chi connectivity index (χ1) is 15.1. The van der Waals surface area contributed by atoms with Crippen molar-refractivity contribution in [2.45, 2.75) is 6.42 Å². The molecule has 0 saturated heterocycles. The Kier molecular flexibility index (Phi) is 7.32. The number of nitrogens with zero attached hydrogens (tertiary/aromatic N) is 5. The third-order valence-corrected chi connectivity index (χ3v) is 4.50. The molecule has 31 heavy (non-hydrogen) atoms. The van der Waals surface area contributed by atoms with Crippen molar-refractivity contribution in [3.63, 3.8) is 0 Å². The number of H-pyrrole nitrogens is 1. The topological polar surface area (TPSA) is 115 Å². The molecule has 3 aromatic rings. The van der Waals surface area contributed by atoms with Gasteiger partial charge in [-0.25, -0.2) is 9.78 Å². The van der Waals surface area contributed by atoms with Crippen molar-refractivity contribution in [1.82, 2.24) is 20.1 Å². The SMILES string of the molecule is CN(CCC#N)C(=O)OCCN(C(=O)/C=C/c1[nH]nc2ncccc12)c1ccccc1. The Hall–Kier alpha value is -4.19. The fraction of sp³-hybridized carbons (Fsp3) is 0.227. The van der Waals surface area contributed by atoms with Gasteiger partial charge < -0.3 is 14.5 Å². The van der Waals surface area contributed by atoms with Crippen molar-refractivity contribution >= 4 is 34.8 Å². The van der Waals surface area contributed by atoms with Crippen molar-refractivity contribution in [2.75, 3.05) is 31.6 Å². The van der Waals surface area contributed by atoms with Gasteiger partial charge >= 0.3 is 6.09 Å². The number of hydrogen-bond acceptors (Lipinski definition) is 6. The summed E-state index contributed by atoms with van der Waals surface area (Å²) >= 11 is 0. The van der Waals surface area contributed by atoms with Crippen LogP contribution in [0, 0.1) is 11.3 Å². The van der Waals surface area contributed by atoms with Gasteiger partial charge in [0, 0.05) is 36.9 Å². The molecule has 0 aliphatic carbocycles. The molecule has 0 aliphatic heterocycles. The monoisotopic (exact) mass is 418 g/mol. The maximum absolute atomic E-state index is 12.9. The highest BCUT2D eigenvalue weighted by molar-refractivity contribution is 6.04. The largest absolute Gasteiger partial charge is 0.448 e. The Bertz CT molecular complexity index is 1100. The van der Waals surface area contributed by atoms with E-state index in [0.29, 0.717) is 17.0 Å². The van der Waals surface area contributed by atoms with Crippen LogP contribution in [-0.2, 0) is 9.53 Å². The van der Waals surface area contributed by atoms with Crippen molar-refractivity contribution in [1.29, 1.82) is 5.26 Å². The van der Waals surface area contributed by atoms with Gasteiger partial charge in [0.1, 0.15) is 6.61 Å². The smallest absolute Gasteiger partial charge is 0.409 e. The second-order valence-corrected chi connectivity index (χ2v) is 6.61. The van der Waals surface area contributed by atoms with Gasteiger partial charge in [-0.3, -0.25) is 9.89 Å². The second-order valence-electron chi connectivity index (χ2n) is 6.61. The van der Waals surface area contributed by atoms with E-state index in [2.05, 4.69) is 15.2 Å². The molecule has 0 radical (unpaired) electrons. The number of nitriles is 1. The summed E-state index contributed by atoms with van der Waals surface area (Å²) in [6.07, 6.45) is 4.42. The molecule has 0 spiro atoms. The lowest BCUT2D eigenvalue weighted by Crippen LogP contribution is -2.35. The standard InChI is InChI=1S/C22H22N6O3/c1-27(14-6-12-23)22(30)31-16-15-28(17-7-3-2-4-8-17)20(29)11-10-19-18-9-5-13-24-21(18)26-25-19/h2-5,7-11,13H,6,14-16H2,1H3,(H,24,25,26)/b11-10+. The van der Waals surface area contributed by atoms with Gasteiger partial charge in [-0.2, -0.15) is 10.4 Å². The summed E-state index contributed by atoms with van der Waals surface area (Å²) in [6, 6.07) is 14.8. The predicted molar refractivity (Wildman–Crippen MR) is 116 cm³/mol. The number of ether oxygens (including phenoxy) is 1. The highest BCUT2D eigenvalue weighted by Gasteiger charge is 2.16. The quantitative estimate of drug-likeness (QED) is 0.562. The van der Waals surface area contributed by atoms with Crippen LogP contribution >= 0.6 is 0 Å². The van der Waals surface area contributed by atoms with E-state index in [1.807, 2.05) is 42.5 Å².